The lowest BCUT2D eigenvalue weighted by Crippen LogP contribution is -2.01. The Bertz CT molecular complexity index is 256. The molecule has 2 N–H and O–H groups in total. The Morgan fingerprint density at radius 2 is 1.93 bits per heavy atom. The Hall–Kier alpha value is -1.02. The van der Waals surface area contributed by atoms with Crippen molar-refractivity contribution in [3.05, 3.63) is 29.8 Å². The van der Waals surface area contributed by atoms with Gasteiger partial charge < -0.3 is 10.5 Å². The largest absolute Gasteiger partial charge is 0.399 e. The molecule has 0 saturated heterocycles. The van der Waals surface area contributed by atoms with E-state index >= 15 is 0 Å². The van der Waals surface area contributed by atoms with E-state index in [0.717, 1.165) is 12.1 Å². The van der Waals surface area contributed by atoms with Gasteiger partial charge in [0.1, 0.15) is 0 Å². The second kappa shape index (κ2) is 5.66. The second-order valence-electron chi connectivity index (χ2n) is 3.53. The minimum absolute atomic E-state index is 0.218. The second-order valence-corrected chi connectivity index (χ2v) is 3.53. The molecule has 1 atom stereocenters. The first-order valence-corrected chi connectivity index (χ1v) is 5.16. The molecule has 0 amide bonds. The van der Waals surface area contributed by atoms with E-state index in [1.54, 1.807) is 7.11 Å². The summed E-state index contributed by atoms with van der Waals surface area (Å²) >= 11 is 0. The number of hydrogen-bond acceptors (Lipinski definition) is 2. The Balaban J connectivity index is 2.64. The number of ether oxygens (including phenoxy) is 1. The number of unbranched alkanes of at least 4 members (excludes halogenated alkanes) is 1. The van der Waals surface area contributed by atoms with Crippen LogP contribution in [0.25, 0.3) is 0 Å². The summed E-state index contributed by atoms with van der Waals surface area (Å²) in [5.74, 6) is 0. The lowest BCUT2D eigenvalue weighted by molar-refractivity contribution is 0.0936. The van der Waals surface area contributed by atoms with Crippen molar-refractivity contribution >= 4 is 5.69 Å². The van der Waals surface area contributed by atoms with Crippen LogP contribution in [0, 0.1) is 0 Å². The lowest BCUT2D eigenvalue weighted by atomic mass is 10.0. The number of benzene rings is 1. The first kappa shape index (κ1) is 11.1. The molecule has 0 aliphatic rings. The van der Waals surface area contributed by atoms with E-state index in [-0.39, 0.29) is 6.10 Å². The van der Waals surface area contributed by atoms with Gasteiger partial charge in [0.2, 0.25) is 0 Å². The van der Waals surface area contributed by atoms with Gasteiger partial charge in [0.05, 0.1) is 6.10 Å². The topological polar surface area (TPSA) is 35.2 Å². The molecule has 1 aromatic carbocycles. The molecule has 1 unspecified atom stereocenters. The molecule has 0 aliphatic heterocycles. The molecule has 2 heteroatoms. The third-order valence-corrected chi connectivity index (χ3v) is 2.41. The van der Waals surface area contributed by atoms with Gasteiger partial charge in [-0.05, 0) is 24.1 Å². The number of hydrogen-bond donors (Lipinski definition) is 1. The van der Waals surface area contributed by atoms with Gasteiger partial charge in [0.15, 0.2) is 0 Å². The van der Waals surface area contributed by atoms with Crippen LogP contribution >= 0.6 is 0 Å². The van der Waals surface area contributed by atoms with Gasteiger partial charge in [0.25, 0.3) is 0 Å². The Labute approximate surface area is 86.1 Å². The molecule has 1 aromatic rings. The van der Waals surface area contributed by atoms with Gasteiger partial charge >= 0.3 is 0 Å². The van der Waals surface area contributed by atoms with Crippen molar-refractivity contribution in [2.45, 2.75) is 32.3 Å². The van der Waals surface area contributed by atoms with Gasteiger partial charge in [0, 0.05) is 12.8 Å². The van der Waals surface area contributed by atoms with Crippen LogP contribution in [-0.2, 0) is 4.74 Å². The summed E-state index contributed by atoms with van der Waals surface area (Å²) in [6.45, 7) is 2.19. The number of rotatable bonds is 5. The SMILES string of the molecule is CCCCC(OC)c1ccc(N)cc1. The first-order chi connectivity index (χ1) is 6.77. The lowest BCUT2D eigenvalue weighted by Gasteiger charge is -2.15. The van der Waals surface area contributed by atoms with Crippen LogP contribution in [0.4, 0.5) is 5.69 Å². The van der Waals surface area contributed by atoms with Gasteiger partial charge in [-0.1, -0.05) is 31.9 Å². The zero-order valence-electron chi connectivity index (χ0n) is 8.99. The predicted octanol–water partition coefficient (Wildman–Crippen LogP) is 3.15. The quantitative estimate of drug-likeness (QED) is 0.729. The zero-order chi connectivity index (χ0) is 10.4. The highest BCUT2D eigenvalue weighted by Crippen LogP contribution is 2.23. The van der Waals surface area contributed by atoms with Crippen LogP contribution in [0.3, 0.4) is 0 Å². The van der Waals surface area contributed by atoms with E-state index in [4.69, 9.17) is 10.5 Å². The molecule has 1 rings (SSSR count). The standard InChI is InChI=1S/C12H19NO/c1-3-4-5-12(14-2)10-6-8-11(13)9-7-10/h6-9,12H,3-5,13H2,1-2H3. The molecule has 0 saturated carbocycles. The third kappa shape index (κ3) is 3.04. The summed E-state index contributed by atoms with van der Waals surface area (Å²) in [6.07, 6.45) is 3.70. The third-order valence-electron chi connectivity index (χ3n) is 2.41. The number of nitrogen functional groups attached to an aromatic ring is 1. The van der Waals surface area contributed by atoms with Gasteiger partial charge in [-0.2, -0.15) is 0 Å². The van der Waals surface area contributed by atoms with Crippen molar-refractivity contribution in [2.24, 2.45) is 0 Å². The van der Waals surface area contributed by atoms with E-state index in [1.807, 2.05) is 24.3 Å². The van der Waals surface area contributed by atoms with E-state index in [9.17, 15) is 0 Å². The smallest absolute Gasteiger partial charge is 0.0821 e. The molecule has 0 spiro atoms. The van der Waals surface area contributed by atoms with Crippen LogP contribution in [-0.4, -0.2) is 7.11 Å². The minimum Gasteiger partial charge on any atom is -0.399 e. The van der Waals surface area contributed by atoms with Crippen LogP contribution in [0.1, 0.15) is 37.9 Å². The molecule has 2 nitrogen and oxygen atoms in total. The van der Waals surface area contributed by atoms with Crippen molar-refractivity contribution in [2.75, 3.05) is 12.8 Å². The molecule has 0 heterocycles. The van der Waals surface area contributed by atoms with Crippen molar-refractivity contribution in [1.82, 2.24) is 0 Å². The Kier molecular flexibility index (Phi) is 4.47. The molecule has 0 aliphatic carbocycles. The minimum atomic E-state index is 0.218. The predicted molar refractivity (Wildman–Crippen MR) is 60.1 cm³/mol. The van der Waals surface area contributed by atoms with E-state index in [2.05, 4.69) is 6.92 Å². The molecule has 0 fully saturated rings. The molecule has 14 heavy (non-hydrogen) atoms. The maximum Gasteiger partial charge on any atom is 0.0821 e. The highest BCUT2D eigenvalue weighted by molar-refractivity contribution is 5.39. The molecular formula is C12H19NO. The molecular weight excluding hydrogens is 174 g/mol. The van der Waals surface area contributed by atoms with Crippen LogP contribution in [0.5, 0.6) is 0 Å². The van der Waals surface area contributed by atoms with Crippen LogP contribution in [0.15, 0.2) is 24.3 Å². The summed E-state index contributed by atoms with van der Waals surface area (Å²) in [6, 6.07) is 7.93. The van der Waals surface area contributed by atoms with Crippen molar-refractivity contribution in [3.8, 4) is 0 Å². The average molecular weight is 193 g/mol. The Morgan fingerprint density at radius 1 is 1.29 bits per heavy atom. The monoisotopic (exact) mass is 193 g/mol. The van der Waals surface area contributed by atoms with E-state index in [0.29, 0.717) is 0 Å². The van der Waals surface area contributed by atoms with Crippen molar-refractivity contribution in [1.29, 1.82) is 0 Å². The highest BCUT2D eigenvalue weighted by atomic mass is 16.5. The zero-order valence-corrected chi connectivity index (χ0v) is 8.99. The first-order valence-electron chi connectivity index (χ1n) is 5.16. The number of anilines is 1. The molecule has 0 bridgehead atoms. The average Bonchev–Trinajstić information content (AvgIpc) is 2.21. The van der Waals surface area contributed by atoms with Gasteiger partial charge in [-0.25, -0.2) is 0 Å². The summed E-state index contributed by atoms with van der Waals surface area (Å²) in [4.78, 5) is 0. The van der Waals surface area contributed by atoms with E-state index < -0.39 is 0 Å². The van der Waals surface area contributed by atoms with Crippen LogP contribution in [0.2, 0.25) is 0 Å². The van der Waals surface area contributed by atoms with Gasteiger partial charge in [-0.15, -0.1) is 0 Å². The molecule has 0 aromatic heterocycles. The summed E-state index contributed by atoms with van der Waals surface area (Å²) < 4.78 is 5.44. The summed E-state index contributed by atoms with van der Waals surface area (Å²) in [7, 11) is 1.76. The van der Waals surface area contributed by atoms with Crippen LogP contribution < -0.4 is 5.73 Å². The number of nitrogens with two attached hydrogens (primary N) is 1. The normalized spacial score (nSPS) is 12.7. The fraction of sp³-hybridized carbons (Fsp3) is 0.500. The maximum atomic E-state index is 5.63. The van der Waals surface area contributed by atoms with Gasteiger partial charge in [-0.3, -0.25) is 0 Å². The van der Waals surface area contributed by atoms with Crippen molar-refractivity contribution < 1.29 is 4.74 Å². The fourth-order valence-electron chi connectivity index (χ4n) is 1.52. The molecule has 78 valence electrons. The highest BCUT2D eigenvalue weighted by Gasteiger charge is 2.08. The Morgan fingerprint density at radius 3 is 2.43 bits per heavy atom. The summed E-state index contributed by atoms with van der Waals surface area (Å²) in [5.41, 5.74) is 7.65. The number of methoxy groups -OCH3 is 1. The van der Waals surface area contributed by atoms with E-state index in [1.165, 1.54) is 18.4 Å². The summed E-state index contributed by atoms with van der Waals surface area (Å²) in [5, 5.41) is 0. The molecule has 0 radical (unpaired) electrons. The maximum absolute atomic E-state index is 5.63. The van der Waals surface area contributed by atoms with Crippen molar-refractivity contribution in [3.63, 3.8) is 0 Å². The fourth-order valence-corrected chi connectivity index (χ4v) is 1.52.